The van der Waals surface area contributed by atoms with Crippen LogP contribution in [0.25, 0.3) is 0 Å². The average molecular weight is 548 g/mol. The second-order valence-electron chi connectivity index (χ2n) is 6.40. The van der Waals surface area contributed by atoms with Crippen LogP contribution < -0.4 is 20.1 Å². The number of carbonyl (C=O) groups is 1. The molecule has 31 heavy (non-hydrogen) atoms. The number of nitrogens with zero attached hydrogens (tertiary/aromatic N) is 2. The first-order chi connectivity index (χ1) is 14.4. The van der Waals surface area contributed by atoms with E-state index >= 15 is 0 Å². The number of guanidine groups is 1. The van der Waals surface area contributed by atoms with E-state index < -0.39 is 6.61 Å². The third kappa shape index (κ3) is 9.37. The Labute approximate surface area is 197 Å². The molecule has 2 aromatic rings. The van der Waals surface area contributed by atoms with Crippen LogP contribution in [0, 0.1) is 0 Å². The predicted molar refractivity (Wildman–Crippen MR) is 126 cm³/mol. The molecule has 0 aliphatic heterocycles. The Bertz CT molecular complexity index is 834. The third-order valence-corrected chi connectivity index (χ3v) is 4.20. The maximum atomic E-state index is 12.2. The molecule has 0 radical (unpaired) electrons. The van der Waals surface area contributed by atoms with Crippen molar-refractivity contribution < 1.29 is 23.0 Å². The van der Waals surface area contributed by atoms with Crippen molar-refractivity contribution in [2.24, 2.45) is 4.99 Å². The number of alkyl halides is 2. The van der Waals surface area contributed by atoms with Gasteiger partial charge < -0.3 is 25.0 Å². The number of hydrogen-bond donors (Lipinski definition) is 2. The Morgan fingerprint density at radius 2 is 1.61 bits per heavy atom. The number of hydrogen-bond acceptors (Lipinski definition) is 4. The summed E-state index contributed by atoms with van der Waals surface area (Å²) in [5, 5.41) is 5.84. The van der Waals surface area contributed by atoms with E-state index in [-0.39, 0.29) is 42.2 Å². The van der Waals surface area contributed by atoms with Crippen LogP contribution in [0.3, 0.4) is 0 Å². The summed E-state index contributed by atoms with van der Waals surface area (Å²) in [6.07, 6.45) is 0. The van der Waals surface area contributed by atoms with Crippen LogP contribution in [0.4, 0.5) is 8.78 Å². The van der Waals surface area contributed by atoms with Crippen molar-refractivity contribution in [3.05, 3.63) is 59.7 Å². The highest BCUT2D eigenvalue weighted by Gasteiger charge is 2.10. The number of amides is 1. The molecule has 2 N–H and O–H groups in total. The number of ether oxygens (including phenoxy) is 2. The van der Waals surface area contributed by atoms with Crippen molar-refractivity contribution in [1.82, 2.24) is 15.5 Å². The number of nitrogens with one attached hydrogen (secondary N) is 2. The standard InChI is InChI=1S/C21H26F2N4O3.HI/c1-24-21(27(2)14-16-6-10-18(11-7-16)30-20(22)23)26-13-19(28)25-12-15-4-8-17(29-3)9-5-15;/h4-11,20H,12-14H2,1-3H3,(H,24,26)(H,25,28);1H. The predicted octanol–water partition coefficient (Wildman–Crippen LogP) is 3.24. The van der Waals surface area contributed by atoms with Gasteiger partial charge in [-0.25, -0.2) is 0 Å². The SMILES string of the molecule is CN=C(NCC(=O)NCc1ccc(OC)cc1)N(C)Cc1ccc(OC(F)F)cc1.I. The molecule has 0 fully saturated rings. The Hall–Kier alpha value is -2.63. The lowest BCUT2D eigenvalue weighted by Gasteiger charge is -2.22. The summed E-state index contributed by atoms with van der Waals surface area (Å²) in [4.78, 5) is 18.1. The number of rotatable bonds is 9. The minimum absolute atomic E-state index is 0. The lowest BCUT2D eigenvalue weighted by atomic mass is 10.2. The molecule has 0 saturated carbocycles. The molecule has 0 unspecified atom stereocenters. The van der Waals surface area contributed by atoms with Crippen LogP contribution in [-0.2, 0) is 17.9 Å². The number of benzene rings is 2. The van der Waals surface area contributed by atoms with E-state index in [1.54, 1.807) is 26.3 Å². The van der Waals surface area contributed by atoms with Gasteiger partial charge in [0.15, 0.2) is 5.96 Å². The molecule has 0 aromatic heterocycles. The molecule has 0 aliphatic carbocycles. The van der Waals surface area contributed by atoms with Gasteiger partial charge in [0.2, 0.25) is 5.91 Å². The van der Waals surface area contributed by atoms with E-state index in [1.165, 1.54) is 12.1 Å². The molecule has 7 nitrogen and oxygen atoms in total. The summed E-state index contributed by atoms with van der Waals surface area (Å²) in [6.45, 7) is -1.90. The largest absolute Gasteiger partial charge is 0.497 e. The van der Waals surface area contributed by atoms with E-state index in [4.69, 9.17) is 4.74 Å². The molecule has 0 atom stereocenters. The van der Waals surface area contributed by atoms with Crippen LogP contribution in [0.2, 0.25) is 0 Å². The van der Waals surface area contributed by atoms with Gasteiger partial charge in [0.25, 0.3) is 0 Å². The quantitative estimate of drug-likeness (QED) is 0.286. The minimum atomic E-state index is -2.85. The van der Waals surface area contributed by atoms with Gasteiger partial charge in [-0.1, -0.05) is 24.3 Å². The summed E-state index contributed by atoms with van der Waals surface area (Å²) >= 11 is 0. The van der Waals surface area contributed by atoms with Crippen molar-refractivity contribution in [2.45, 2.75) is 19.7 Å². The highest BCUT2D eigenvalue weighted by atomic mass is 127. The monoisotopic (exact) mass is 548 g/mol. The summed E-state index contributed by atoms with van der Waals surface area (Å²) in [6, 6.07) is 13.8. The number of halogens is 3. The molecular weight excluding hydrogens is 521 g/mol. The topological polar surface area (TPSA) is 75.2 Å². The molecule has 0 spiro atoms. The second-order valence-corrected chi connectivity index (χ2v) is 6.40. The highest BCUT2D eigenvalue weighted by Crippen LogP contribution is 2.15. The fraction of sp³-hybridized carbons (Fsp3) is 0.333. The molecular formula is C21H27F2IN4O3. The zero-order valence-corrected chi connectivity index (χ0v) is 19.9. The van der Waals surface area contributed by atoms with Crippen molar-refractivity contribution >= 4 is 35.8 Å². The summed E-state index contributed by atoms with van der Waals surface area (Å²) in [5.74, 6) is 1.22. The first kappa shape index (κ1) is 26.4. The van der Waals surface area contributed by atoms with Gasteiger partial charge in [0.1, 0.15) is 11.5 Å². The van der Waals surface area contributed by atoms with Gasteiger partial charge in [-0.3, -0.25) is 9.79 Å². The van der Waals surface area contributed by atoms with Gasteiger partial charge >= 0.3 is 6.61 Å². The molecule has 10 heteroatoms. The molecule has 170 valence electrons. The average Bonchev–Trinajstić information content (AvgIpc) is 2.74. The Balaban J connectivity index is 0.00000480. The Kier molecular flexibility index (Phi) is 11.6. The number of aliphatic imine (C=N–C) groups is 1. The van der Waals surface area contributed by atoms with E-state index in [0.29, 0.717) is 19.0 Å². The number of methoxy groups -OCH3 is 1. The lowest BCUT2D eigenvalue weighted by Crippen LogP contribution is -2.43. The molecule has 0 aliphatic rings. The van der Waals surface area contributed by atoms with E-state index in [1.807, 2.05) is 36.2 Å². The maximum absolute atomic E-state index is 12.2. The van der Waals surface area contributed by atoms with Gasteiger partial charge in [0, 0.05) is 27.2 Å². The smallest absolute Gasteiger partial charge is 0.387 e. The van der Waals surface area contributed by atoms with Gasteiger partial charge in [0.05, 0.1) is 13.7 Å². The lowest BCUT2D eigenvalue weighted by molar-refractivity contribution is -0.120. The Morgan fingerprint density at radius 3 is 2.16 bits per heavy atom. The van der Waals surface area contributed by atoms with Crippen molar-refractivity contribution in [3.63, 3.8) is 0 Å². The highest BCUT2D eigenvalue weighted by molar-refractivity contribution is 14.0. The molecule has 0 bridgehead atoms. The van der Waals surface area contributed by atoms with Crippen molar-refractivity contribution in [1.29, 1.82) is 0 Å². The fourth-order valence-electron chi connectivity index (χ4n) is 2.68. The van der Waals surface area contributed by atoms with Gasteiger partial charge in [-0.15, -0.1) is 24.0 Å². The summed E-state index contributed by atoms with van der Waals surface area (Å²) < 4.78 is 33.9. The van der Waals surface area contributed by atoms with E-state index in [2.05, 4.69) is 20.4 Å². The normalized spacial score (nSPS) is 10.8. The zero-order valence-electron chi connectivity index (χ0n) is 17.6. The first-order valence-electron chi connectivity index (χ1n) is 9.26. The van der Waals surface area contributed by atoms with Crippen LogP contribution in [0.15, 0.2) is 53.5 Å². The zero-order chi connectivity index (χ0) is 21.9. The van der Waals surface area contributed by atoms with Crippen LogP contribution in [0.5, 0.6) is 11.5 Å². The second kappa shape index (κ2) is 13.6. The van der Waals surface area contributed by atoms with Crippen molar-refractivity contribution in [2.75, 3.05) is 27.7 Å². The molecule has 2 aromatic carbocycles. The van der Waals surface area contributed by atoms with Crippen molar-refractivity contribution in [3.8, 4) is 11.5 Å². The summed E-state index contributed by atoms with van der Waals surface area (Å²) in [5.41, 5.74) is 1.84. The van der Waals surface area contributed by atoms with Crippen LogP contribution in [0.1, 0.15) is 11.1 Å². The minimum Gasteiger partial charge on any atom is -0.497 e. The van der Waals surface area contributed by atoms with Gasteiger partial charge in [-0.2, -0.15) is 8.78 Å². The Morgan fingerprint density at radius 1 is 1.03 bits per heavy atom. The third-order valence-electron chi connectivity index (χ3n) is 4.20. The van der Waals surface area contributed by atoms with Crippen LogP contribution >= 0.6 is 24.0 Å². The van der Waals surface area contributed by atoms with E-state index in [0.717, 1.165) is 16.9 Å². The molecule has 2 rings (SSSR count). The first-order valence-corrected chi connectivity index (χ1v) is 9.26. The van der Waals surface area contributed by atoms with Gasteiger partial charge in [-0.05, 0) is 35.4 Å². The number of carbonyl (C=O) groups excluding carboxylic acids is 1. The molecule has 0 heterocycles. The molecule has 1 amide bonds. The summed E-state index contributed by atoms with van der Waals surface area (Å²) in [7, 11) is 5.03. The molecule has 0 saturated heterocycles. The maximum Gasteiger partial charge on any atom is 0.387 e. The fourth-order valence-corrected chi connectivity index (χ4v) is 2.68. The van der Waals surface area contributed by atoms with E-state index in [9.17, 15) is 13.6 Å². The van der Waals surface area contributed by atoms with Crippen LogP contribution in [-0.4, -0.2) is 51.1 Å².